The number of hydrogen-bond donors (Lipinski definition) is 2. The van der Waals surface area contributed by atoms with Crippen molar-refractivity contribution in [3.63, 3.8) is 0 Å². The average Bonchev–Trinajstić information content (AvgIpc) is 2.42. The maximum absolute atomic E-state index is 11.5. The quantitative estimate of drug-likeness (QED) is 0.739. The Morgan fingerprint density at radius 2 is 2.10 bits per heavy atom. The Morgan fingerprint density at radius 1 is 1.40 bits per heavy atom. The fourth-order valence-corrected chi connectivity index (χ4v) is 2.93. The van der Waals surface area contributed by atoms with Crippen LogP contribution in [0.1, 0.15) is 52.9 Å². The molecule has 3 N–H and O–H groups in total. The molecule has 0 aromatic rings. The van der Waals surface area contributed by atoms with Crippen molar-refractivity contribution in [1.29, 1.82) is 0 Å². The Hall–Kier alpha value is -1.10. The summed E-state index contributed by atoms with van der Waals surface area (Å²) in [5.74, 6) is 0.276. The third-order valence-electron chi connectivity index (χ3n) is 4.31. The highest BCUT2D eigenvalue weighted by Crippen LogP contribution is 2.21. The number of nitrogens with one attached hydrogen (secondary N) is 1. The minimum Gasteiger partial charge on any atom is -0.368 e. The lowest BCUT2D eigenvalue weighted by atomic mass is 9.89. The van der Waals surface area contributed by atoms with Gasteiger partial charge in [0.25, 0.3) is 0 Å². The van der Waals surface area contributed by atoms with E-state index in [1.807, 2.05) is 4.90 Å². The van der Waals surface area contributed by atoms with Crippen LogP contribution in [-0.2, 0) is 9.59 Å². The van der Waals surface area contributed by atoms with Crippen LogP contribution in [0.15, 0.2) is 0 Å². The summed E-state index contributed by atoms with van der Waals surface area (Å²) in [7, 11) is 0. The second kappa shape index (κ2) is 8.25. The fourth-order valence-electron chi connectivity index (χ4n) is 2.93. The van der Waals surface area contributed by atoms with Gasteiger partial charge in [-0.05, 0) is 18.8 Å². The van der Waals surface area contributed by atoms with Crippen LogP contribution in [0.3, 0.4) is 0 Å². The Kier molecular flexibility index (Phi) is 6.99. The third kappa shape index (κ3) is 4.78. The molecule has 0 spiro atoms. The number of rotatable bonds is 7. The molecule has 1 aliphatic rings. The predicted octanol–water partition coefficient (Wildman–Crippen LogP) is 1.27. The zero-order chi connectivity index (χ0) is 15.1. The summed E-state index contributed by atoms with van der Waals surface area (Å²) >= 11 is 0. The van der Waals surface area contributed by atoms with Crippen molar-refractivity contribution in [2.75, 3.05) is 13.1 Å². The van der Waals surface area contributed by atoms with Crippen LogP contribution in [0.4, 0.5) is 0 Å². The molecule has 1 fully saturated rings. The molecular formula is C15H29N3O2. The second-order valence-electron chi connectivity index (χ2n) is 5.79. The van der Waals surface area contributed by atoms with Crippen molar-refractivity contribution < 1.29 is 9.59 Å². The van der Waals surface area contributed by atoms with Crippen molar-refractivity contribution in [2.24, 2.45) is 11.7 Å². The predicted molar refractivity (Wildman–Crippen MR) is 80.1 cm³/mol. The molecule has 5 heteroatoms. The molecule has 5 nitrogen and oxygen atoms in total. The first-order chi connectivity index (χ1) is 9.49. The van der Waals surface area contributed by atoms with Crippen LogP contribution >= 0.6 is 0 Å². The van der Waals surface area contributed by atoms with E-state index in [1.54, 1.807) is 6.92 Å². The van der Waals surface area contributed by atoms with Crippen molar-refractivity contribution in [3.8, 4) is 0 Å². The Balaban J connectivity index is 2.60. The summed E-state index contributed by atoms with van der Waals surface area (Å²) in [6, 6.07) is 0.0443. The van der Waals surface area contributed by atoms with E-state index in [2.05, 4.69) is 19.2 Å². The first-order valence-electron chi connectivity index (χ1n) is 7.80. The highest BCUT2D eigenvalue weighted by atomic mass is 16.2. The van der Waals surface area contributed by atoms with Crippen LogP contribution < -0.4 is 11.1 Å². The summed E-state index contributed by atoms with van der Waals surface area (Å²) < 4.78 is 0. The molecule has 0 unspecified atom stereocenters. The van der Waals surface area contributed by atoms with Crippen molar-refractivity contribution in [1.82, 2.24) is 10.2 Å². The van der Waals surface area contributed by atoms with Gasteiger partial charge in [-0.3, -0.25) is 9.59 Å². The number of unbranched alkanes of at least 4 members (excludes halogenated alkanes) is 1. The number of amides is 2. The van der Waals surface area contributed by atoms with Gasteiger partial charge in [-0.1, -0.05) is 33.1 Å². The van der Waals surface area contributed by atoms with E-state index in [1.165, 1.54) is 0 Å². The van der Waals surface area contributed by atoms with Crippen LogP contribution in [-0.4, -0.2) is 41.9 Å². The van der Waals surface area contributed by atoms with Crippen LogP contribution in [0.2, 0.25) is 0 Å². The number of carbonyl (C=O) groups is 2. The topological polar surface area (TPSA) is 75.4 Å². The van der Waals surface area contributed by atoms with Gasteiger partial charge >= 0.3 is 0 Å². The zero-order valence-electron chi connectivity index (χ0n) is 13.0. The molecule has 0 saturated carbocycles. The van der Waals surface area contributed by atoms with Gasteiger partial charge in [0, 0.05) is 26.1 Å². The number of piperidine rings is 1. The Bertz CT molecular complexity index is 333. The molecule has 0 bridgehead atoms. The number of nitrogens with two attached hydrogens (primary N) is 1. The van der Waals surface area contributed by atoms with Gasteiger partial charge in [-0.25, -0.2) is 0 Å². The lowest BCUT2D eigenvalue weighted by Crippen LogP contribution is -2.55. The van der Waals surface area contributed by atoms with Gasteiger partial charge in [0.2, 0.25) is 11.8 Å². The molecule has 1 heterocycles. The number of hydrogen-bond acceptors (Lipinski definition) is 3. The molecule has 2 amide bonds. The van der Waals surface area contributed by atoms with E-state index in [9.17, 15) is 9.59 Å². The summed E-state index contributed by atoms with van der Waals surface area (Å²) in [6.45, 7) is 7.41. The molecule has 1 aliphatic heterocycles. The van der Waals surface area contributed by atoms with E-state index in [0.29, 0.717) is 5.92 Å². The molecule has 20 heavy (non-hydrogen) atoms. The maximum Gasteiger partial charge on any atom is 0.234 e. The average molecular weight is 283 g/mol. The van der Waals surface area contributed by atoms with Crippen molar-refractivity contribution in [3.05, 3.63) is 0 Å². The maximum atomic E-state index is 11.5. The van der Waals surface area contributed by atoms with E-state index >= 15 is 0 Å². The summed E-state index contributed by atoms with van der Waals surface area (Å²) in [4.78, 5) is 24.9. The first-order valence-corrected chi connectivity index (χ1v) is 7.80. The molecular weight excluding hydrogens is 254 g/mol. The number of carbonyl (C=O) groups excluding carboxylic acids is 2. The van der Waals surface area contributed by atoms with Crippen LogP contribution in [0.5, 0.6) is 0 Å². The number of nitrogens with zero attached hydrogens (tertiary/aromatic N) is 1. The molecule has 116 valence electrons. The first kappa shape index (κ1) is 17.0. The lowest BCUT2D eigenvalue weighted by Gasteiger charge is -2.39. The summed E-state index contributed by atoms with van der Waals surface area (Å²) in [6.07, 6.45) is 4.76. The Morgan fingerprint density at radius 3 is 2.60 bits per heavy atom. The molecule has 1 rings (SSSR count). The SMILES string of the molecule is CCCC[C@H](N[C@H]1CCN(C(C)=O)C[C@H]1CC)C(N)=O. The monoisotopic (exact) mass is 283 g/mol. The van der Waals surface area contributed by atoms with E-state index < -0.39 is 0 Å². The number of likely N-dealkylation sites (tertiary alicyclic amines) is 1. The third-order valence-corrected chi connectivity index (χ3v) is 4.31. The van der Waals surface area contributed by atoms with Gasteiger partial charge < -0.3 is 16.0 Å². The van der Waals surface area contributed by atoms with Gasteiger partial charge in [0.05, 0.1) is 6.04 Å². The van der Waals surface area contributed by atoms with Gasteiger partial charge in [-0.2, -0.15) is 0 Å². The highest BCUT2D eigenvalue weighted by Gasteiger charge is 2.31. The highest BCUT2D eigenvalue weighted by molar-refractivity contribution is 5.79. The molecule has 0 aromatic carbocycles. The van der Waals surface area contributed by atoms with Crippen LogP contribution in [0.25, 0.3) is 0 Å². The van der Waals surface area contributed by atoms with Crippen LogP contribution in [0, 0.1) is 5.92 Å². The van der Waals surface area contributed by atoms with Gasteiger partial charge in [-0.15, -0.1) is 0 Å². The summed E-state index contributed by atoms with van der Waals surface area (Å²) in [5.41, 5.74) is 5.49. The fraction of sp³-hybridized carbons (Fsp3) is 0.867. The number of primary amides is 1. The van der Waals surface area contributed by atoms with E-state index in [-0.39, 0.29) is 23.9 Å². The minimum absolute atomic E-state index is 0.138. The molecule has 3 atom stereocenters. The van der Waals surface area contributed by atoms with Gasteiger partial charge in [0.1, 0.15) is 0 Å². The van der Waals surface area contributed by atoms with Crippen molar-refractivity contribution >= 4 is 11.8 Å². The van der Waals surface area contributed by atoms with E-state index in [4.69, 9.17) is 5.73 Å². The van der Waals surface area contributed by atoms with Gasteiger partial charge in [0.15, 0.2) is 0 Å². The smallest absolute Gasteiger partial charge is 0.234 e. The lowest BCUT2D eigenvalue weighted by molar-refractivity contribution is -0.131. The summed E-state index contributed by atoms with van der Waals surface area (Å²) in [5, 5.41) is 3.44. The molecule has 0 aliphatic carbocycles. The van der Waals surface area contributed by atoms with Crippen molar-refractivity contribution in [2.45, 2.75) is 65.0 Å². The standard InChI is InChI=1S/C15H29N3O2/c1-4-6-7-14(15(16)20)17-13-8-9-18(11(3)19)10-12(13)5-2/h12-14,17H,4-10H2,1-3H3,(H2,16,20)/t12-,13+,14+/m1/s1. The van der Waals surface area contributed by atoms with E-state index in [0.717, 1.165) is 45.2 Å². The Labute approximate surface area is 122 Å². The minimum atomic E-state index is -0.262. The molecule has 0 radical (unpaired) electrons. The molecule has 0 aromatic heterocycles. The normalized spacial score (nSPS) is 24.4. The molecule has 1 saturated heterocycles. The largest absolute Gasteiger partial charge is 0.368 e. The second-order valence-corrected chi connectivity index (χ2v) is 5.79. The zero-order valence-corrected chi connectivity index (χ0v) is 13.0.